The van der Waals surface area contributed by atoms with E-state index in [2.05, 4.69) is 21.4 Å². The van der Waals surface area contributed by atoms with Gasteiger partial charge in [-0.15, -0.1) is 0 Å². The number of hydrogen-bond acceptors (Lipinski definition) is 6. The fraction of sp³-hybridized carbons (Fsp3) is 0.684. The van der Waals surface area contributed by atoms with Crippen LogP contribution >= 0.6 is 0 Å². The van der Waals surface area contributed by atoms with Gasteiger partial charge in [-0.05, 0) is 44.6 Å². The van der Waals surface area contributed by atoms with Gasteiger partial charge in [0.05, 0.1) is 18.0 Å². The molecule has 0 radical (unpaired) electrons. The first-order valence-electron chi connectivity index (χ1n) is 9.79. The first kappa shape index (κ1) is 15.9. The van der Waals surface area contributed by atoms with Crippen LogP contribution < -0.4 is 10.2 Å². The Hall–Kier alpha value is -2.36. The third-order valence-corrected chi connectivity index (χ3v) is 6.48. The van der Waals surface area contributed by atoms with Crippen LogP contribution in [0.3, 0.4) is 0 Å². The van der Waals surface area contributed by atoms with Gasteiger partial charge in [0, 0.05) is 36.9 Å². The molecule has 0 unspecified atom stereocenters. The minimum atomic E-state index is -0.0159. The molecule has 1 saturated carbocycles. The lowest BCUT2D eigenvalue weighted by Crippen LogP contribution is -2.46. The number of carbonyl (C=O) groups is 1. The number of anilines is 1. The number of rotatable bonds is 4. The van der Waals surface area contributed by atoms with Gasteiger partial charge in [-0.3, -0.25) is 4.79 Å². The monoisotopic (exact) mass is 352 g/mol. The molecule has 3 saturated heterocycles. The number of amides is 1. The molecule has 1 aliphatic carbocycles. The first-order chi connectivity index (χ1) is 12.7. The lowest BCUT2D eigenvalue weighted by atomic mass is 9.95. The molecule has 4 aliphatic rings. The van der Waals surface area contributed by atoms with Gasteiger partial charge in [0.2, 0.25) is 11.9 Å². The Morgan fingerprint density at radius 3 is 2.92 bits per heavy atom. The molecular weight excluding hydrogens is 328 g/mol. The highest BCUT2D eigenvalue weighted by molar-refractivity contribution is 5.80. The molecule has 4 heterocycles. The zero-order valence-electron chi connectivity index (χ0n) is 14.8. The summed E-state index contributed by atoms with van der Waals surface area (Å²) in [7, 11) is 0. The van der Waals surface area contributed by atoms with Crippen LogP contribution in [0.1, 0.15) is 50.1 Å². The highest BCUT2D eigenvalue weighted by Crippen LogP contribution is 2.39. The predicted molar refractivity (Wildman–Crippen MR) is 95.1 cm³/mol. The quantitative estimate of drug-likeness (QED) is 0.824. The topological polar surface area (TPSA) is 85.2 Å². The van der Waals surface area contributed by atoms with Crippen molar-refractivity contribution in [1.29, 1.82) is 5.26 Å². The zero-order valence-corrected chi connectivity index (χ0v) is 14.8. The number of hydrogen-bond donors (Lipinski definition) is 1. The van der Waals surface area contributed by atoms with Crippen LogP contribution in [0.4, 0.5) is 5.95 Å². The Balaban J connectivity index is 1.20. The highest BCUT2D eigenvalue weighted by Gasteiger charge is 2.47. The molecule has 0 spiro atoms. The summed E-state index contributed by atoms with van der Waals surface area (Å²) in [6.07, 6.45) is 10.4. The van der Waals surface area contributed by atoms with Crippen LogP contribution in [-0.2, 0) is 4.79 Å². The van der Waals surface area contributed by atoms with Gasteiger partial charge in [0.1, 0.15) is 0 Å². The normalized spacial score (nSPS) is 32.7. The van der Waals surface area contributed by atoms with Crippen molar-refractivity contribution in [1.82, 2.24) is 20.2 Å². The molecule has 1 aromatic rings. The molecule has 1 aromatic heterocycles. The molecule has 7 nitrogen and oxygen atoms in total. The Morgan fingerprint density at radius 1 is 1.27 bits per heavy atom. The number of nitriles is 1. The third-order valence-electron chi connectivity index (χ3n) is 6.48. The van der Waals surface area contributed by atoms with Gasteiger partial charge in [0.25, 0.3) is 0 Å². The summed E-state index contributed by atoms with van der Waals surface area (Å²) in [4.78, 5) is 25.9. The van der Waals surface area contributed by atoms with Crippen LogP contribution in [0.5, 0.6) is 0 Å². The number of nitrogens with one attached hydrogen (secondary N) is 1. The minimum absolute atomic E-state index is 0.0159. The van der Waals surface area contributed by atoms with Crippen molar-refractivity contribution in [2.24, 2.45) is 5.92 Å². The zero-order chi connectivity index (χ0) is 17.7. The van der Waals surface area contributed by atoms with E-state index in [-0.39, 0.29) is 23.9 Å². The average Bonchev–Trinajstić information content (AvgIpc) is 3.13. The molecule has 26 heavy (non-hydrogen) atoms. The van der Waals surface area contributed by atoms with Crippen LogP contribution in [0, 0.1) is 17.4 Å². The van der Waals surface area contributed by atoms with E-state index in [9.17, 15) is 10.1 Å². The van der Waals surface area contributed by atoms with E-state index < -0.39 is 0 Å². The van der Waals surface area contributed by atoms with E-state index in [4.69, 9.17) is 4.98 Å². The van der Waals surface area contributed by atoms with Crippen molar-refractivity contribution >= 4 is 11.9 Å². The maximum atomic E-state index is 12.8. The van der Waals surface area contributed by atoms with Gasteiger partial charge in [0.15, 0.2) is 6.19 Å². The average molecular weight is 352 g/mol. The largest absolute Gasteiger partial charge is 0.351 e. The lowest BCUT2D eigenvalue weighted by Gasteiger charge is -2.23. The van der Waals surface area contributed by atoms with Gasteiger partial charge >= 0.3 is 0 Å². The molecule has 0 aromatic carbocycles. The summed E-state index contributed by atoms with van der Waals surface area (Å²) in [5, 5.41) is 12.5. The Labute approximate surface area is 153 Å². The fourth-order valence-corrected chi connectivity index (χ4v) is 4.88. The summed E-state index contributed by atoms with van der Waals surface area (Å²) in [6, 6.07) is 2.67. The van der Waals surface area contributed by atoms with Crippen LogP contribution in [0.2, 0.25) is 0 Å². The van der Waals surface area contributed by atoms with E-state index >= 15 is 0 Å². The fourth-order valence-electron chi connectivity index (χ4n) is 4.88. The first-order valence-corrected chi connectivity index (χ1v) is 9.79. The van der Waals surface area contributed by atoms with Gasteiger partial charge in [-0.2, -0.15) is 5.26 Å². The second kappa shape index (κ2) is 6.11. The maximum Gasteiger partial charge on any atom is 0.225 e. The highest BCUT2D eigenvalue weighted by atomic mass is 16.2. The SMILES string of the molecule is N#CN1[C@H]2CC[C@@H]1[C@H](NC(=O)[C@H]1CCN(c3nccc(C4CC4)n3)C1)C2. The summed E-state index contributed by atoms with van der Waals surface area (Å²) >= 11 is 0. The molecule has 3 aliphatic heterocycles. The second-order valence-electron chi connectivity index (χ2n) is 8.14. The van der Waals surface area contributed by atoms with E-state index in [0.717, 1.165) is 43.9 Å². The molecule has 7 heteroatoms. The van der Waals surface area contributed by atoms with E-state index in [1.54, 1.807) is 0 Å². The number of fused-ring (bicyclic) bond motifs is 2. The summed E-state index contributed by atoms with van der Waals surface area (Å²) in [5.41, 5.74) is 1.14. The molecule has 1 amide bonds. The van der Waals surface area contributed by atoms with Crippen molar-refractivity contribution < 1.29 is 4.79 Å². The van der Waals surface area contributed by atoms with Crippen LogP contribution in [-0.4, -0.2) is 52.0 Å². The molecule has 4 fully saturated rings. The van der Waals surface area contributed by atoms with E-state index in [1.807, 2.05) is 17.2 Å². The van der Waals surface area contributed by atoms with Crippen molar-refractivity contribution in [2.45, 2.75) is 62.6 Å². The van der Waals surface area contributed by atoms with Gasteiger partial charge in [-0.25, -0.2) is 9.97 Å². The Morgan fingerprint density at radius 2 is 2.15 bits per heavy atom. The number of carbonyl (C=O) groups excluding carboxylic acids is 1. The molecule has 4 atom stereocenters. The van der Waals surface area contributed by atoms with Crippen molar-refractivity contribution in [3.05, 3.63) is 18.0 Å². The molecule has 1 N–H and O–H groups in total. The maximum absolute atomic E-state index is 12.8. The summed E-state index contributed by atoms with van der Waals surface area (Å²) in [5.74, 6) is 1.48. The molecule has 136 valence electrons. The lowest BCUT2D eigenvalue weighted by molar-refractivity contribution is -0.125. The van der Waals surface area contributed by atoms with E-state index in [1.165, 1.54) is 12.8 Å². The molecule has 5 rings (SSSR count). The summed E-state index contributed by atoms with van der Waals surface area (Å²) < 4.78 is 0. The minimum Gasteiger partial charge on any atom is -0.351 e. The molecular formula is C19H24N6O. The van der Waals surface area contributed by atoms with Crippen LogP contribution in [0.15, 0.2) is 12.3 Å². The second-order valence-corrected chi connectivity index (χ2v) is 8.14. The number of aromatic nitrogens is 2. The van der Waals surface area contributed by atoms with Gasteiger partial charge < -0.3 is 15.1 Å². The molecule has 2 bridgehead atoms. The van der Waals surface area contributed by atoms with Crippen LogP contribution in [0.25, 0.3) is 0 Å². The standard InChI is InChI=1S/C19H24N6O/c20-11-25-14-3-4-17(25)16(9-14)22-18(26)13-6-8-24(10-13)19-21-7-5-15(23-19)12-1-2-12/h5,7,12-14,16-17H,1-4,6,8-10H2,(H,22,26)/t13-,14-,16+,17+/m0/s1. The van der Waals surface area contributed by atoms with Crippen molar-refractivity contribution in [3.8, 4) is 6.19 Å². The number of nitrogens with zero attached hydrogens (tertiary/aromatic N) is 5. The van der Waals surface area contributed by atoms with Crippen molar-refractivity contribution in [3.63, 3.8) is 0 Å². The smallest absolute Gasteiger partial charge is 0.225 e. The van der Waals surface area contributed by atoms with Crippen molar-refractivity contribution in [2.75, 3.05) is 18.0 Å². The predicted octanol–water partition coefficient (Wildman–Crippen LogP) is 1.38. The third kappa shape index (κ3) is 2.68. The van der Waals surface area contributed by atoms with Gasteiger partial charge in [-0.1, -0.05) is 0 Å². The summed E-state index contributed by atoms with van der Waals surface area (Å²) in [6.45, 7) is 1.51. The van der Waals surface area contributed by atoms with E-state index in [0.29, 0.717) is 18.5 Å². The Kier molecular flexibility index (Phi) is 3.73. The Bertz CT molecular complexity index is 757.